The average Bonchev–Trinajstić information content (AvgIpc) is 2.80. The Morgan fingerprint density at radius 3 is 2.48 bits per heavy atom. The number of hydrogen-bond acceptors (Lipinski definition) is 3. The van der Waals surface area contributed by atoms with Crippen LogP contribution in [0.5, 0.6) is 5.75 Å². The molecule has 1 aliphatic heterocycles. The van der Waals surface area contributed by atoms with E-state index < -0.39 is 11.8 Å². The van der Waals surface area contributed by atoms with Crippen molar-refractivity contribution in [1.29, 1.82) is 0 Å². The third kappa shape index (κ3) is 2.91. The van der Waals surface area contributed by atoms with Crippen LogP contribution >= 0.6 is 11.6 Å². The lowest BCUT2D eigenvalue weighted by Gasteiger charge is -2.15. The van der Waals surface area contributed by atoms with Gasteiger partial charge in [0.05, 0.1) is 5.69 Å². The van der Waals surface area contributed by atoms with Gasteiger partial charge in [-0.05, 0) is 48.4 Å². The molecular formula is C17H13ClN2O3. The van der Waals surface area contributed by atoms with E-state index in [2.05, 4.69) is 5.43 Å². The SMILES string of the molecule is Cc1ccc(N2NC(=O)/C(=C\c3ccc(O)cc3)C2=O)cc1Cl. The number of amides is 2. The molecule has 0 radical (unpaired) electrons. The second kappa shape index (κ2) is 5.78. The number of hydrogen-bond donors (Lipinski definition) is 2. The number of aromatic hydroxyl groups is 1. The zero-order valence-electron chi connectivity index (χ0n) is 12.2. The van der Waals surface area contributed by atoms with Gasteiger partial charge in [-0.1, -0.05) is 29.8 Å². The number of rotatable bonds is 2. The molecule has 0 bridgehead atoms. The Bertz CT molecular complexity index is 828. The normalized spacial score (nSPS) is 16.1. The molecule has 1 aliphatic rings. The number of anilines is 1. The van der Waals surface area contributed by atoms with Crippen LogP contribution < -0.4 is 10.4 Å². The summed E-state index contributed by atoms with van der Waals surface area (Å²) in [5.74, 6) is -0.826. The van der Waals surface area contributed by atoms with Gasteiger partial charge in [0.2, 0.25) is 0 Å². The molecule has 0 saturated carbocycles. The number of nitrogens with zero attached hydrogens (tertiary/aromatic N) is 1. The lowest BCUT2D eigenvalue weighted by Crippen LogP contribution is -2.35. The fraction of sp³-hybridized carbons (Fsp3) is 0.0588. The van der Waals surface area contributed by atoms with Gasteiger partial charge in [-0.15, -0.1) is 0 Å². The zero-order chi connectivity index (χ0) is 16.6. The summed E-state index contributed by atoms with van der Waals surface area (Å²) in [7, 11) is 0. The molecule has 0 aliphatic carbocycles. The molecule has 2 amide bonds. The molecular weight excluding hydrogens is 316 g/mol. The van der Waals surface area contributed by atoms with Crippen LogP contribution in [0.3, 0.4) is 0 Å². The second-order valence-corrected chi connectivity index (χ2v) is 5.57. The number of hydrazine groups is 1. The Balaban J connectivity index is 1.93. The van der Waals surface area contributed by atoms with Gasteiger partial charge in [-0.3, -0.25) is 15.0 Å². The predicted molar refractivity (Wildman–Crippen MR) is 87.9 cm³/mol. The fourth-order valence-electron chi connectivity index (χ4n) is 2.20. The van der Waals surface area contributed by atoms with Crippen LogP contribution in [0.25, 0.3) is 6.08 Å². The Morgan fingerprint density at radius 1 is 1.13 bits per heavy atom. The Hall–Kier alpha value is -2.79. The van der Waals surface area contributed by atoms with E-state index >= 15 is 0 Å². The van der Waals surface area contributed by atoms with Crippen LogP contribution in [0.1, 0.15) is 11.1 Å². The van der Waals surface area contributed by atoms with Crippen LogP contribution in [-0.2, 0) is 9.59 Å². The first-order valence-corrected chi connectivity index (χ1v) is 7.26. The molecule has 1 heterocycles. The minimum atomic E-state index is -0.486. The molecule has 6 heteroatoms. The summed E-state index contributed by atoms with van der Waals surface area (Å²) in [5.41, 5.74) is 4.56. The van der Waals surface area contributed by atoms with Crippen LogP contribution in [-0.4, -0.2) is 16.9 Å². The lowest BCUT2D eigenvalue weighted by molar-refractivity contribution is -0.117. The largest absolute Gasteiger partial charge is 0.508 e. The van der Waals surface area contributed by atoms with Gasteiger partial charge in [0.1, 0.15) is 11.3 Å². The maximum atomic E-state index is 12.5. The Kier molecular flexibility index (Phi) is 3.80. The van der Waals surface area contributed by atoms with Crippen molar-refractivity contribution in [3.8, 4) is 5.75 Å². The summed E-state index contributed by atoms with van der Waals surface area (Å²) in [4.78, 5) is 24.5. The van der Waals surface area contributed by atoms with Crippen molar-refractivity contribution in [2.45, 2.75) is 6.92 Å². The van der Waals surface area contributed by atoms with E-state index in [1.54, 1.807) is 30.3 Å². The molecule has 2 N–H and O–H groups in total. The number of phenols is 1. The molecule has 0 atom stereocenters. The molecule has 5 nitrogen and oxygen atoms in total. The van der Waals surface area contributed by atoms with Crippen LogP contribution in [0, 0.1) is 6.92 Å². The van der Waals surface area contributed by atoms with E-state index in [1.165, 1.54) is 23.2 Å². The summed E-state index contributed by atoms with van der Waals surface area (Å²) >= 11 is 6.07. The third-order valence-corrected chi connectivity index (χ3v) is 3.92. The molecule has 2 aromatic carbocycles. The molecule has 2 aromatic rings. The van der Waals surface area contributed by atoms with E-state index in [4.69, 9.17) is 11.6 Å². The zero-order valence-corrected chi connectivity index (χ0v) is 13.0. The minimum absolute atomic E-state index is 0.0207. The Morgan fingerprint density at radius 2 is 1.83 bits per heavy atom. The van der Waals surface area contributed by atoms with Gasteiger partial charge in [-0.25, -0.2) is 5.01 Å². The highest BCUT2D eigenvalue weighted by atomic mass is 35.5. The van der Waals surface area contributed by atoms with Crippen molar-refractivity contribution >= 4 is 35.2 Å². The third-order valence-electron chi connectivity index (χ3n) is 3.51. The highest BCUT2D eigenvalue weighted by Gasteiger charge is 2.34. The van der Waals surface area contributed by atoms with Gasteiger partial charge >= 0.3 is 0 Å². The smallest absolute Gasteiger partial charge is 0.282 e. The molecule has 0 aromatic heterocycles. The minimum Gasteiger partial charge on any atom is -0.508 e. The number of aryl methyl sites for hydroxylation is 1. The number of phenolic OH excluding ortho intramolecular Hbond substituents is 1. The lowest BCUT2D eigenvalue weighted by atomic mass is 10.1. The van der Waals surface area contributed by atoms with Crippen LogP contribution in [0.4, 0.5) is 5.69 Å². The highest BCUT2D eigenvalue weighted by molar-refractivity contribution is 6.33. The second-order valence-electron chi connectivity index (χ2n) is 5.16. The van der Waals surface area contributed by atoms with Gasteiger partial charge in [0.15, 0.2) is 0 Å². The molecule has 116 valence electrons. The van der Waals surface area contributed by atoms with Gasteiger partial charge < -0.3 is 5.11 Å². The van der Waals surface area contributed by atoms with E-state index in [9.17, 15) is 14.7 Å². The Labute approximate surface area is 137 Å². The average molecular weight is 329 g/mol. The number of carbonyl (C=O) groups is 2. The van der Waals surface area contributed by atoms with E-state index in [0.717, 1.165) is 5.56 Å². The van der Waals surface area contributed by atoms with Gasteiger partial charge in [0, 0.05) is 5.02 Å². The molecule has 0 spiro atoms. The van der Waals surface area contributed by atoms with Crippen molar-refractivity contribution < 1.29 is 14.7 Å². The van der Waals surface area contributed by atoms with Crippen molar-refractivity contribution in [3.63, 3.8) is 0 Å². The number of nitrogens with one attached hydrogen (secondary N) is 1. The molecule has 0 unspecified atom stereocenters. The maximum absolute atomic E-state index is 12.5. The first-order valence-electron chi connectivity index (χ1n) is 6.88. The van der Waals surface area contributed by atoms with Gasteiger partial charge in [-0.2, -0.15) is 0 Å². The van der Waals surface area contributed by atoms with Crippen LogP contribution in [0.2, 0.25) is 5.02 Å². The predicted octanol–water partition coefficient (Wildman–Crippen LogP) is 2.82. The van der Waals surface area contributed by atoms with E-state index in [0.29, 0.717) is 16.3 Å². The van der Waals surface area contributed by atoms with Crippen molar-refractivity contribution in [2.24, 2.45) is 0 Å². The van der Waals surface area contributed by atoms with Crippen molar-refractivity contribution in [3.05, 3.63) is 64.2 Å². The first kappa shape index (κ1) is 15.1. The quantitative estimate of drug-likeness (QED) is 0.658. The molecule has 23 heavy (non-hydrogen) atoms. The fourth-order valence-corrected chi connectivity index (χ4v) is 2.37. The highest BCUT2D eigenvalue weighted by Crippen LogP contribution is 2.26. The standard InChI is InChI=1S/C17H13ClN2O3/c1-10-2-5-12(9-15(10)18)20-17(23)14(16(22)19-20)8-11-3-6-13(21)7-4-11/h2-9,21H,1H3,(H,19,22)/b14-8+. The summed E-state index contributed by atoms with van der Waals surface area (Å²) < 4.78 is 0. The summed E-state index contributed by atoms with van der Waals surface area (Å²) in [5, 5.41) is 11.0. The summed E-state index contributed by atoms with van der Waals surface area (Å²) in [6, 6.07) is 11.3. The first-order chi connectivity index (χ1) is 11.0. The number of halogens is 1. The summed E-state index contributed by atoms with van der Waals surface area (Å²) in [6.07, 6.45) is 1.48. The van der Waals surface area contributed by atoms with E-state index in [-0.39, 0.29) is 11.3 Å². The van der Waals surface area contributed by atoms with E-state index in [1.807, 2.05) is 6.92 Å². The number of carbonyl (C=O) groups excluding carboxylic acids is 2. The molecule has 3 rings (SSSR count). The topological polar surface area (TPSA) is 69.6 Å². The summed E-state index contributed by atoms with van der Waals surface area (Å²) in [6.45, 7) is 1.85. The van der Waals surface area contributed by atoms with Crippen molar-refractivity contribution in [1.82, 2.24) is 5.43 Å². The van der Waals surface area contributed by atoms with Crippen molar-refractivity contribution in [2.75, 3.05) is 5.01 Å². The molecule has 1 saturated heterocycles. The number of benzene rings is 2. The van der Waals surface area contributed by atoms with Crippen LogP contribution in [0.15, 0.2) is 48.0 Å². The maximum Gasteiger partial charge on any atom is 0.282 e. The monoisotopic (exact) mass is 328 g/mol. The molecule has 1 fully saturated rings. The van der Waals surface area contributed by atoms with Gasteiger partial charge in [0.25, 0.3) is 11.8 Å².